The van der Waals surface area contributed by atoms with Crippen molar-refractivity contribution in [3.8, 4) is 0 Å². The highest BCUT2D eigenvalue weighted by Gasteiger charge is 2.35. The van der Waals surface area contributed by atoms with Crippen LogP contribution in [0.15, 0.2) is 0 Å². The number of rotatable bonds is 5. The molecule has 0 heterocycles. The van der Waals surface area contributed by atoms with Crippen molar-refractivity contribution in [1.82, 2.24) is 4.90 Å². The van der Waals surface area contributed by atoms with Gasteiger partial charge in [-0.2, -0.15) is 0 Å². The summed E-state index contributed by atoms with van der Waals surface area (Å²) >= 11 is 0. The Morgan fingerprint density at radius 1 is 1.18 bits per heavy atom. The van der Waals surface area contributed by atoms with Crippen LogP contribution in [0.3, 0.4) is 0 Å². The lowest BCUT2D eigenvalue weighted by Crippen LogP contribution is -2.51. The van der Waals surface area contributed by atoms with Crippen molar-refractivity contribution in [1.29, 1.82) is 0 Å². The molecule has 0 aromatic carbocycles. The lowest BCUT2D eigenvalue weighted by molar-refractivity contribution is 0.0375. The highest BCUT2D eigenvalue weighted by Crippen LogP contribution is 2.37. The SMILES string of the molecule is CCCC1CCC(CN)C(N(C)C2CCC2)C1. The van der Waals surface area contributed by atoms with E-state index >= 15 is 0 Å². The summed E-state index contributed by atoms with van der Waals surface area (Å²) in [4.78, 5) is 2.68. The van der Waals surface area contributed by atoms with Crippen LogP contribution in [0.1, 0.15) is 58.3 Å². The molecule has 2 fully saturated rings. The summed E-state index contributed by atoms with van der Waals surface area (Å²) in [5.74, 6) is 1.73. The molecule has 100 valence electrons. The van der Waals surface area contributed by atoms with E-state index in [4.69, 9.17) is 5.73 Å². The molecular formula is C15H30N2. The molecule has 3 atom stereocenters. The number of nitrogens with two attached hydrogens (primary N) is 1. The zero-order valence-electron chi connectivity index (χ0n) is 11.7. The van der Waals surface area contributed by atoms with E-state index in [1.54, 1.807) is 0 Å². The smallest absolute Gasteiger partial charge is 0.0138 e. The van der Waals surface area contributed by atoms with E-state index in [9.17, 15) is 0 Å². The molecule has 2 aliphatic rings. The molecule has 0 aromatic rings. The van der Waals surface area contributed by atoms with Crippen LogP contribution in [-0.4, -0.2) is 30.6 Å². The fourth-order valence-electron chi connectivity index (χ4n) is 3.80. The third-order valence-corrected chi connectivity index (χ3v) is 5.24. The number of hydrogen-bond donors (Lipinski definition) is 1. The lowest BCUT2D eigenvalue weighted by Gasteiger charge is -2.46. The summed E-state index contributed by atoms with van der Waals surface area (Å²) in [6.07, 6.45) is 11.2. The van der Waals surface area contributed by atoms with Gasteiger partial charge in [0.05, 0.1) is 0 Å². The monoisotopic (exact) mass is 238 g/mol. The maximum absolute atomic E-state index is 5.98. The number of hydrogen-bond acceptors (Lipinski definition) is 2. The molecule has 0 aromatic heterocycles. The first kappa shape index (κ1) is 13.4. The third-order valence-electron chi connectivity index (χ3n) is 5.24. The van der Waals surface area contributed by atoms with E-state index in [1.165, 1.54) is 51.4 Å². The van der Waals surface area contributed by atoms with Gasteiger partial charge in [0, 0.05) is 12.1 Å². The van der Waals surface area contributed by atoms with E-state index in [1.807, 2.05) is 0 Å². The van der Waals surface area contributed by atoms with Gasteiger partial charge in [0.2, 0.25) is 0 Å². The first-order valence-electron chi connectivity index (χ1n) is 7.68. The molecule has 17 heavy (non-hydrogen) atoms. The Labute approximate surface area is 107 Å². The Kier molecular flexibility index (Phi) is 4.87. The number of nitrogens with zero attached hydrogens (tertiary/aromatic N) is 1. The van der Waals surface area contributed by atoms with E-state index in [-0.39, 0.29) is 0 Å². The first-order chi connectivity index (χ1) is 8.26. The third kappa shape index (κ3) is 3.03. The van der Waals surface area contributed by atoms with E-state index in [2.05, 4.69) is 18.9 Å². The average Bonchev–Trinajstić information content (AvgIpc) is 2.27. The van der Waals surface area contributed by atoms with E-state index in [0.717, 1.165) is 30.5 Å². The van der Waals surface area contributed by atoms with Gasteiger partial charge in [0.25, 0.3) is 0 Å². The molecule has 3 unspecified atom stereocenters. The summed E-state index contributed by atoms with van der Waals surface area (Å²) in [5.41, 5.74) is 5.98. The van der Waals surface area contributed by atoms with Gasteiger partial charge in [-0.15, -0.1) is 0 Å². The van der Waals surface area contributed by atoms with Crippen molar-refractivity contribution in [3.63, 3.8) is 0 Å². The van der Waals surface area contributed by atoms with Crippen LogP contribution in [0.4, 0.5) is 0 Å². The topological polar surface area (TPSA) is 29.3 Å². The zero-order chi connectivity index (χ0) is 12.3. The van der Waals surface area contributed by atoms with Crippen molar-refractivity contribution < 1.29 is 0 Å². The molecule has 0 saturated heterocycles. The van der Waals surface area contributed by atoms with Crippen LogP contribution >= 0.6 is 0 Å². The van der Waals surface area contributed by atoms with Gasteiger partial charge in [-0.25, -0.2) is 0 Å². The van der Waals surface area contributed by atoms with Crippen molar-refractivity contribution in [3.05, 3.63) is 0 Å². The van der Waals surface area contributed by atoms with Crippen LogP contribution in [0.25, 0.3) is 0 Å². The zero-order valence-corrected chi connectivity index (χ0v) is 11.7. The summed E-state index contributed by atoms with van der Waals surface area (Å²) in [5, 5.41) is 0. The standard InChI is InChI=1S/C15H30N2/c1-3-5-12-8-9-13(11-16)15(10-12)17(2)14-6-4-7-14/h12-15H,3-11,16H2,1-2H3. The summed E-state index contributed by atoms with van der Waals surface area (Å²) in [6, 6.07) is 1.64. The minimum atomic E-state index is 0.758. The molecule has 2 N–H and O–H groups in total. The summed E-state index contributed by atoms with van der Waals surface area (Å²) in [7, 11) is 2.35. The quantitative estimate of drug-likeness (QED) is 0.798. The highest BCUT2D eigenvalue weighted by molar-refractivity contribution is 4.91. The first-order valence-corrected chi connectivity index (χ1v) is 7.68. The minimum Gasteiger partial charge on any atom is -0.330 e. The Bertz CT molecular complexity index is 225. The second-order valence-electron chi connectivity index (χ2n) is 6.28. The van der Waals surface area contributed by atoms with Crippen molar-refractivity contribution in [2.24, 2.45) is 17.6 Å². The predicted molar refractivity (Wildman–Crippen MR) is 74.0 cm³/mol. The van der Waals surface area contributed by atoms with Gasteiger partial charge in [0.1, 0.15) is 0 Å². The maximum atomic E-state index is 5.98. The molecule has 0 radical (unpaired) electrons. The normalized spacial score (nSPS) is 34.9. The fraction of sp³-hybridized carbons (Fsp3) is 1.00. The van der Waals surface area contributed by atoms with Gasteiger partial charge in [0.15, 0.2) is 0 Å². The average molecular weight is 238 g/mol. The van der Waals surface area contributed by atoms with Crippen LogP contribution in [0.2, 0.25) is 0 Å². The maximum Gasteiger partial charge on any atom is 0.0138 e. The van der Waals surface area contributed by atoms with Gasteiger partial charge >= 0.3 is 0 Å². The largest absolute Gasteiger partial charge is 0.330 e. The van der Waals surface area contributed by atoms with Crippen molar-refractivity contribution >= 4 is 0 Å². The van der Waals surface area contributed by atoms with Crippen LogP contribution in [-0.2, 0) is 0 Å². The highest BCUT2D eigenvalue weighted by atomic mass is 15.2. The van der Waals surface area contributed by atoms with Crippen LogP contribution < -0.4 is 5.73 Å². The van der Waals surface area contributed by atoms with E-state index < -0.39 is 0 Å². The van der Waals surface area contributed by atoms with Gasteiger partial charge < -0.3 is 10.6 Å². The van der Waals surface area contributed by atoms with Gasteiger partial charge in [-0.3, -0.25) is 0 Å². The predicted octanol–water partition coefficient (Wildman–Crippen LogP) is 3.01. The molecule has 0 spiro atoms. The summed E-state index contributed by atoms with van der Waals surface area (Å²) < 4.78 is 0. The molecule has 2 aliphatic carbocycles. The minimum absolute atomic E-state index is 0.758. The molecule has 2 saturated carbocycles. The Morgan fingerprint density at radius 2 is 1.94 bits per heavy atom. The van der Waals surface area contributed by atoms with E-state index in [0.29, 0.717) is 0 Å². The molecule has 0 aliphatic heterocycles. The molecule has 0 bridgehead atoms. The molecular weight excluding hydrogens is 208 g/mol. The van der Waals surface area contributed by atoms with Crippen molar-refractivity contribution in [2.45, 2.75) is 70.4 Å². The Morgan fingerprint density at radius 3 is 2.47 bits per heavy atom. The second kappa shape index (κ2) is 6.19. The van der Waals surface area contributed by atoms with Gasteiger partial charge in [-0.1, -0.05) is 32.6 Å². The Balaban J connectivity index is 1.93. The molecule has 2 heteroatoms. The fourth-order valence-corrected chi connectivity index (χ4v) is 3.80. The Hall–Kier alpha value is -0.0800. The molecule has 2 nitrogen and oxygen atoms in total. The van der Waals surface area contributed by atoms with Crippen molar-refractivity contribution in [2.75, 3.05) is 13.6 Å². The molecule has 0 amide bonds. The van der Waals surface area contributed by atoms with Crippen LogP contribution in [0, 0.1) is 11.8 Å². The lowest BCUT2D eigenvalue weighted by atomic mass is 9.75. The summed E-state index contributed by atoms with van der Waals surface area (Å²) in [6.45, 7) is 3.21. The van der Waals surface area contributed by atoms with Crippen LogP contribution in [0.5, 0.6) is 0 Å². The molecule has 2 rings (SSSR count). The van der Waals surface area contributed by atoms with Gasteiger partial charge in [-0.05, 0) is 51.1 Å². The second-order valence-corrected chi connectivity index (χ2v) is 6.28.